The third-order valence-corrected chi connectivity index (χ3v) is 4.75. The van der Waals surface area contributed by atoms with E-state index in [1.165, 1.54) is 48.5 Å². The highest BCUT2D eigenvalue weighted by atomic mass is 16.5. The summed E-state index contributed by atoms with van der Waals surface area (Å²) < 4.78 is 5.06. The number of phenols is 2. The van der Waals surface area contributed by atoms with Gasteiger partial charge >= 0.3 is 17.9 Å². The van der Waals surface area contributed by atoms with Gasteiger partial charge in [-0.3, -0.25) is 0 Å². The molecule has 8 nitrogen and oxygen atoms in total. The number of aromatic hydroxyl groups is 2. The number of esters is 1. The largest absolute Gasteiger partial charge is 0.508 e. The number of ether oxygens (including phenoxy) is 1. The highest BCUT2D eigenvalue weighted by molar-refractivity contribution is 5.93. The van der Waals surface area contributed by atoms with Gasteiger partial charge in [-0.05, 0) is 83.9 Å². The average Bonchev–Trinajstić information content (AvgIpc) is 2.86. The Labute approximate surface area is 199 Å². The number of carbonyl (C=O) groups excluding carboxylic acids is 1. The molecular formula is C27H20O8. The monoisotopic (exact) mass is 472 g/mol. The van der Waals surface area contributed by atoms with E-state index in [1.54, 1.807) is 24.3 Å². The molecule has 0 saturated carbocycles. The maximum atomic E-state index is 11.8. The molecule has 176 valence electrons. The van der Waals surface area contributed by atoms with E-state index in [-0.39, 0.29) is 33.9 Å². The summed E-state index contributed by atoms with van der Waals surface area (Å²) in [6, 6.07) is 24.6. The third kappa shape index (κ3) is 6.93. The second kappa shape index (κ2) is 11.2. The van der Waals surface area contributed by atoms with Crippen LogP contribution in [0.2, 0.25) is 0 Å². The summed E-state index contributed by atoms with van der Waals surface area (Å²) in [4.78, 5) is 33.2. The summed E-state index contributed by atoms with van der Waals surface area (Å²) >= 11 is 0. The van der Waals surface area contributed by atoms with Crippen LogP contribution in [0.5, 0.6) is 17.2 Å². The van der Waals surface area contributed by atoms with Crippen LogP contribution >= 0.6 is 0 Å². The summed E-state index contributed by atoms with van der Waals surface area (Å²) in [6.45, 7) is 0. The van der Waals surface area contributed by atoms with Crippen LogP contribution in [0.15, 0.2) is 97.1 Å². The van der Waals surface area contributed by atoms with E-state index < -0.39 is 17.9 Å². The van der Waals surface area contributed by atoms with E-state index in [1.807, 2.05) is 24.3 Å². The standard InChI is InChI=1S/C15H10O6.C12H10O2/c16-13(17)9-1-3-11(4-2-9)15(20)21-12-7-5-10(6-8-12)14(18)19;13-11-5-1-9(2-6-11)10-3-7-12(14)8-4-10/h1-8H,(H,16,17)(H,18,19);1-8,13-14H. The molecular weight excluding hydrogens is 452 g/mol. The molecule has 35 heavy (non-hydrogen) atoms. The molecule has 4 N–H and O–H groups in total. The van der Waals surface area contributed by atoms with Gasteiger partial charge in [-0.25, -0.2) is 14.4 Å². The zero-order chi connectivity index (χ0) is 25.4. The second-order valence-corrected chi connectivity index (χ2v) is 7.20. The fourth-order valence-corrected chi connectivity index (χ4v) is 2.89. The predicted octanol–water partition coefficient (Wildman–Crippen LogP) is 5.07. The lowest BCUT2D eigenvalue weighted by molar-refractivity contribution is 0.0685. The van der Waals surface area contributed by atoms with E-state index in [2.05, 4.69) is 0 Å². The molecule has 0 fully saturated rings. The zero-order valence-corrected chi connectivity index (χ0v) is 18.2. The van der Waals surface area contributed by atoms with E-state index in [0.717, 1.165) is 11.1 Å². The lowest BCUT2D eigenvalue weighted by Crippen LogP contribution is -2.09. The summed E-state index contributed by atoms with van der Waals surface area (Å²) in [7, 11) is 0. The van der Waals surface area contributed by atoms with Gasteiger partial charge < -0.3 is 25.2 Å². The van der Waals surface area contributed by atoms with Gasteiger partial charge in [0.15, 0.2) is 0 Å². The van der Waals surface area contributed by atoms with Crippen molar-refractivity contribution in [3.63, 3.8) is 0 Å². The van der Waals surface area contributed by atoms with Crippen LogP contribution in [0.4, 0.5) is 0 Å². The second-order valence-electron chi connectivity index (χ2n) is 7.20. The van der Waals surface area contributed by atoms with Gasteiger partial charge in [0.1, 0.15) is 17.2 Å². The fraction of sp³-hybridized carbons (Fsp3) is 0. The molecule has 0 saturated heterocycles. The number of benzene rings is 4. The number of aromatic carboxylic acids is 2. The molecule has 0 aliphatic carbocycles. The van der Waals surface area contributed by atoms with Gasteiger partial charge in [0, 0.05) is 0 Å². The molecule has 0 unspecified atom stereocenters. The predicted molar refractivity (Wildman–Crippen MR) is 127 cm³/mol. The Hall–Kier alpha value is -5.11. The normalized spacial score (nSPS) is 9.94. The number of hydrogen-bond acceptors (Lipinski definition) is 6. The molecule has 0 spiro atoms. The molecule has 0 aliphatic heterocycles. The summed E-state index contributed by atoms with van der Waals surface area (Å²) in [6.07, 6.45) is 0. The Balaban J connectivity index is 0.000000211. The summed E-state index contributed by atoms with van der Waals surface area (Å²) in [5.74, 6) is -2.10. The number of carboxylic acid groups (broad SMARTS) is 2. The molecule has 4 aromatic carbocycles. The van der Waals surface area contributed by atoms with Crippen LogP contribution in [0, 0.1) is 0 Å². The average molecular weight is 472 g/mol. The van der Waals surface area contributed by atoms with Crippen LogP contribution < -0.4 is 4.74 Å². The molecule has 0 aromatic heterocycles. The lowest BCUT2D eigenvalue weighted by Gasteiger charge is -2.05. The number of carboxylic acids is 2. The van der Waals surface area contributed by atoms with Crippen LogP contribution in [0.3, 0.4) is 0 Å². The van der Waals surface area contributed by atoms with Gasteiger partial charge in [0.2, 0.25) is 0 Å². The first-order chi connectivity index (χ1) is 16.7. The highest BCUT2D eigenvalue weighted by Gasteiger charge is 2.11. The van der Waals surface area contributed by atoms with Gasteiger partial charge in [-0.15, -0.1) is 0 Å². The number of hydrogen-bond donors (Lipinski definition) is 4. The van der Waals surface area contributed by atoms with E-state index in [9.17, 15) is 14.4 Å². The topological polar surface area (TPSA) is 141 Å². The maximum Gasteiger partial charge on any atom is 0.343 e. The molecule has 0 radical (unpaired) electrons. The maximum absolute atomic E-state index is 11.8. The van der Waals surface area contributed by atoms with Gasteiger partial charge in [-0.1, -0.05) is 24.3 Å². The molecule has 0 amide bonds. The Morgan fingerprint density at radius 1 is 0.486 bits per heavy atom. The van der Waals surface area contributed by atoms with Crippen molar-refractivity contribution in [3.05, 3.63) is 114 Å². The number of carbonyl (C=O) groups is 3. The molecule has 0 atom stereocenters. The molecule has 4 rings (SSSR count). The van der Waals surface area contributed by atoms with Crippen molar-refractivity contribution >= 4 is 17.9 Å². The molecule has 0 heterocycles. The van der Waals surface area contributed by atoms with Crippen molar-refractivity contribution < 1.29 is 39.5 Å². The van der Waals surface area contributed by atoms with Crippen LogP contribution in [0.1, 0.15) is 31.1 Å². The molecule has 0 aliphatic rings. The van der Waals surface area contributed by atoms with E-state index >= 15 is 0 Å². The number of rotatable bonds is 5. The Morgan fingerprint density at radius 2 is 0.829 bits per heavy atom. The van der Waals surface area contributed by atoms with Crippen molar-refractivity contribution in [2.75, 3.05) is 0 Å². The Bertz CT molecular complexity index is 1260. The van der Waals surface area contributed by atoms with Gasteiger partial charge in [-0.2, -0.15) is 0 Å². The van der Waals surface area contributed by atoms with Crippen molar-refractivity contribution in [2.45, 2.75) is 0 Å². The molecule has 8 heteroatoms. The number of phenolic OH excluding ortho intramolecular Hbond substituents is 2. The fourth-order valence-electron chi connectivity index (χ4n) is 2.89. The zero-order valence-electron chi connectivity index (χ0n) is 18.2. The summed E-state index contributed by atoms with van der Waals surface area (Å²) in [5, 5.41) is 35.7. The smallest absolute Gasteiger partial charge is 0.343 e. The Morgan fingerprint density at radius 3 is 1.20 bits per heavy atom. The minimum absolute atomic E-state index is 0.0670. The lowest BCUT2D eigenvalue weighted by atomic mass is 10.1. The minimum Gasteiger partial charge on any atom is -0.508 e. The van der Waals surface area contributed by atoms with Gasteiger partial charge in [0.25, 0.3) is 0 Å². The Kier molecular flexibility index (Phi) is 7.82. The SMILES string of the molecule is O=C(O)c1ccc(OC(=O)c2ccc(C(=O)O)cc2)cc1.Oc1ccc(-c2ccc(O)cc2)cc1. The third-order valence-electron chi connectivity index (χ3n) is 4.75. The minimum atomic E-state index is -1.08. The quantitative estimate of drug-likeness (QED) is 0.233. The van der Waals surface area contributed by atoms with Crippen molar-refractivity contribution in [1.82, 2.24) is 0 Å². The van der Waals surface area contributed by atoms with Gasteiger partial charge in [0.05, 0.1) is 16.7 Å². The van der Waals surface area contributed by atoms with Crippen LogP contribution in [0.25, 0.3) is 11.1 Å². The molecule has 0 bridgehead atoms. The van der Waals surface area contributed by atoms with E-state index in [0.29, 0.717) is 0 Å². The van der Waals surface area contributed by atoms with Crippen LogP contribution in [-0.4, -0.2) is 38.3 Å². The summed E-state index contributed by atoms with van der Waals surface area (Å²) in [5.41, 5.74) is 2.38. The van der Waals surface area contributed by atoms with Crippen molar-refractivity contribution in [3.8, 4) is 28.4 Å². The van der Waals surface area contributed by atoms with Crippen molar-refractivity contribution in [1.29, 1.82) is 0 Å². The molecule has 4 aromatic rings. The first-order valence-electron chi connectivity index (χ1n) is 10.2. The first kappa shape index (κ1) is 24.5. The van der Waals surface area contributed by atoms with Crippen LogP contribution in [-0.2, 0) is 0 Å². The van der Waals surface area contributed by atoms with E-state index in [4.69, 9.17) is 25.2 Å². The highest BCUT2D eigenvalue weighted by Crippen LogP contribution is 2.23. The van der Waals surface area contributed by atoms with Crippen molar-refractivity contribution in [2.24, 2.45) is 0 Å². The first-order valence-corrected chi connectivity index (χ1v) is 10.2.